The smallest absolute Gasteiger partial charge is 0.339 e. The van der Waals surface area contributed by atoms with Gasteiger partial charge in [-0.25, -0.2) is 4.79 Å². The number of amides is 1. The maximum absolute atomic E-state index is 11.5. The molecule has 0 heterocycles. The minimum absolute atomic E-state index is 0.0733. The zero-order valence-electron chi connectivity index (χ0n) is 9.91. The highest BCUT2D eigenvalue weighted by atomic mass is 35.5. The Balaban J connectivity index is 3.19. The Bertz CT molecular complexity index is 525. The molecule has 6 heteroatoms. The predicted octanol–water partition coefficient (Wildman–Crippen LogP) is 2.56. The molecule has 0 unspecified atom stereocenters. The third-order valence-electron chi connectivity index (χ3n) is 2.16. The molecule has 0 atom stereocenters. The Morgan fingerprint density at radius 2 is 2.06 bits per heavy atom. The molecule has 0 saturated heterocycles. The first-order valence-electron chi connectivity index (χ1n) is 4.94. The number of carboxylic acids is 1. The van der Waals surface area contributed by atoms with Crippen molar-refractivity contribution in [2.45, 2.75) is 6.92 Å². The molecule has 18 heavy (non-hydrogen) atoms. The summed E-state index contributed by atoms with van der Waals surface area (Å²) in [6.07, 6.45) is 0. The first kappa shape index (κ1) is 14.1. The maximum Gasteiger partial charge on any atom is 0.339 e. The van der Waals surface area contributed by atoms with E-state index in [0.717, 1.165) is 0 Å². The maximum atomic E-state index is 11.5. The topological polar surface area (TPSA) is 75.6 Å². The van der Waals surface area contributed by atoms with Crippen molar-refractivity contribution in [2.24, 2.45) is 0 Å². The van der Waals surface area contributed by atoms with E-state index in [1.54, 1.807) is 6.92 Å². The molecule has 1 amide bonds. The molecule has 0 radical (unpaired) electrons. The van der Waals surface area contributed by atoms with E-state index in [1.807, 2.05) is 0 Å². The molecule has 0 spiro atoms. The first-order valence-corrected chi connectivity index (χ1v) is 5.32. The van der Waals surface area contributed by atoms with Crippen LogP contribution in [-0.2, 0) is 4.79 Å². The SMILES string of the molecule is C=C(C)C(=O)Nc1cc(OC)c(C(=O)O)cc1Cl. The standard InChI is InChI=1S/C12H12ClNO4/c1-6(2)11(15)14-9-5-10(18-3)7(12(16)17)4-8(9)13/h4-5H,1H2,2-3H3,(H,14,15)(H,16,17). The first-order chi connectivity index (χ1) is 8.36. The molecule has 0 aliphatic carbocycles. The van der Waals surface area contributed by atoms with Crippen LogP contribution in [-0.4, -0.2) is 24.1 Å². The Morgan fingerprint density at radius 3 is 2.50 bits per heavy atom. The lowest BCUT2D eigenvalue weighted by atomic mass is 10.1. The van der Waals surface area contributed by atoms with Gasteiger partial charge in [-0.1, -0.05) is 18.2 Å². The van der Waals surface area contributed by atoms with Crippen LogP contribution in [0.15, 0.2) is 24.3 Å². The van der Waals surface area contributed by atoms with Crippen LogP contribution in [0.3, 0.4) is 0 Å². The second-order valence-electron chi connectivity index (χ2n) is 3.57. The van der Waals surface area contributed by atoms with E-state index >= 15 is 0 Å². The van der Waals surface area contributed by atoms with E-state index < -0.39 is 11.9 Å². The summed E-state index contributed by atoms with van der Waals surface area (Å²) in [7, 11) is 1.33. The summed E-state index contributed by atoms with van der Waals surface area (Å²) in [5.74, 6) is -1.45. The number of hydrogen-bond donors (Lipinski definition) is 2. The average molecular weight is 270 g/mol. The summed E-state index contributed by atoms with van der Waals surface area (Å²) in [5, 5.41) is 11.6. The van der Waals surface area contributed by atoms with Crippen molar-refractivity contribution in [3.8, 4) is 5.75 Å². The predicted molar refractivity (Wildman–Crippen MR) is 68.4 cm³/mol. The Hall–Kier alpha value is -2.01. The van der Waals surface area contributed by atoms with Gasteiger partial charge in [-0.3, -0.25) is 4.79 Å². The van der Waals surface area contributed by atoms with Crippen LogP contribution in [0, 0.1) is 0 Å². The van der Waals surface area contributed by atoms with Crippen LogP contribution >= 0.6 is 11.6 Å². The molecule has 0 bridgehead atoms. The number of hydrogen-bond acceptors (Lipinski definition) is 3. The molecular formula is C12H12ClNO4. The molecule has 1 aromatic carbocycles. The highest BCUT2D eigenvalue weighted by Gasteiger charge is 2.16. The van der Waals surface area contributed by atoms with Crippen molar-refractivity contribution in [3.63, 3.8) is 0 Å². The Kier molecular flexibility index (Phi) is 4.33. The monoisotopic (exact) mass is 269 g/mol. The van der Waals surface area contributed by atoms with Gasteiger partial charge in [0.05, 0.1) is 17.8 Å². The second kappa shape index (κ2) is 5.55. The molecule has 0 aliphatic rings. The number of halogens is 1. The summed E-state index contributed by atoms with van der Waals surface area (Å²) in [6, 6.07) is 2.57. The summed E-state index contributed by atoms with van der Waals surface area (Å²) < 4.78 is 4.93. The lowest BCUT2D eigenvalue weighted by Crippen LogP contribution is -2.13. The summed E-state index contributed by atoms with van der Waals surface area (Å²) in [6.45, 7) is 5.04. The fourth-order valence-electron chi connectivity index (χ4n) is 1.21. The van der Waals surface area contributed by atoms with Gasteiger partial charge in [-0.05, 0) is 13.0 Å². The van der Waals surface area contributed by atoms with Crippen LogP contribution in [0.1, 0.15) is 17.3 Å². The molecule has 96 valence electrons. The number of carbonyl (C=O) groups excluding carboxylic acids is 1. The van der Waals surface area contributed by atoms with Gasteiger partial charge in [0.25, 0.3) is 5.91 Å². The van der Waals surface area contributed by atoms with Gasteiger partial charge < -0.3 is 15.2 Å². The quantitative estimate of drug-likeness (QED) is 0.824. The number of benzene rings is 1. The van der Waals surface area contributed by atoms with Crippen LogP contribution in [0.5, 0.6) is 5.75 Å². The van der Waals surface area contributed by atoms with E-state index in [9.17, 15) is 9.59 Å². The summed E-state index contributed by atoms with van der Waals surface area (Å²) in [5.41, 5.74) is 0.509. The molecule has 1 aromatic rings. The molecular weight excluding hydrogens is 258 g/mol. The number of rotatable bonds is 4. The van der Waals surface area contributed by atoms with Crippen molar-refractivity contribution in [2.75, 3.05) is 12.4 Å². The fraction of sp³-hybridized carbons (Fsp3) is 0.167. The van der Waals surface area contributed by atoms with Gasteiger partial charge in [0.15, 0.2) is 0 Å². The molecule has 1 rings (SSSR count). The van der Waals surface area contributed by atoms with Crippen LogP contribution in [0.4, 0.5) is 5.69 Å². The largest absolute Gasteiger partial charge is 0.496 e. The molecule has 0 aromatic heterocycles. The van der Waals surface area contributed by atoms with E-state index in [0.29, 0.717) is 5.57 Å². The zero-order valence-corrected chi connectivity index (χ0v) is 10.7. The van der Waals surface area contributed by atoms with Gasteiger partial charge in [-0.15, -0.1) is 0 Å². The van der Waals surface area contributed by atoms with Gasteiger partial charge in [0.2, 0.25) is 0 Å². The molecule has 5 nitrogen and oxygen atoms in total. The van der Waals surface area contributed by atoms with Gasteiger partial charge in [0.1, 0.15) is 11.3 Å². The Morgan fingerprint density at radius 1 is 1.44 bits per heavy atom. The molecule has 0 saturated carbocycles. The van der Waals surface area contributed by atoms with Crippen molar-refractivity contribution >= 4 is 29.2 Å². The Labute approximate surface area is 109 Å². The number of ether oxygens (including phenoxy) is 1. The van der Waals surface area contributed by atoms with E-state index in [2.05, 4.69) is 11.9 Å². The van der Waals surface area contributed by atoms with Crippen LogP contribution in [0.2, 0.25) is 5.02 Å². The van der Waals surface area contributed by atoms with Gasteiger partial charge in [0, 0.05) is 11.6 Å². The molecule has 2 N–H and O–H groups in total. The number of aromatic carboxylic acids is 1. The number of nitrogens with one attached hydrogen (secondary N) is 1. The minimum Gasteiger partial charge on any atom is -0.496 e. The van der Waals surface area contributed by atoms with Gasteiger partial charge >= 0.3 is 5.97 Å². The van der Waals surface area contributed by atoms with E-state index in [-0.39, 0.29) is 22.0 Å². The van der Waals surface area contributed by atoms with Crippen LogP contribution in [0.25, 0.3) is 0 Å². The highest BCUT2D eigenvalue weighted by molar-refractivity contribution is 6.34. The summed E-state index contributed by atoms with van der Waals surface area (Å²) >= 11 is 5.89. The van der Waals surface area contributed by atoms with Crippen molar-refractivity contribution < 1.29 is 19.4 Å². The average Bonchev–Trinajstić information content (AvgIpc) is 2.30. The van der Waals surface area contributed by atoms with Crippen LogP contribution < -0.4 is 10.1 Å². The number of methoxy groups -OCH3 is 1. The highest BCUT2D eigenvalue weighted by Crippen LogP contribution is 2.31. The third kappa shape index (κ3) is 3.01. The van der Waals surface area contributed by atoms with Gasteiger partial charge in [-0.2, -0.15) is 0 Å². The zero-order chi connectivity index (χ0) is 13.9. The number of carboxylic acid groups (broad SMARTS) is 1. The van der Waals surface area contributed by atoms with Crippen molar-refractivity contribution in [1.82, 2.24) is 0 Å². The number of anilines is 1. The normalized spacial score (nSPS) is 9.72. The van der Waals surface area contributed by atoms with E-state index in [1.165, 1.54) is 19.2 Å². The fourth-order valence-corrected chi connectivity index (χ4v) is 1.43. The van der Waals surface area contributed by atoms with E-state index in [4.69, 9.17) is 21.4 Å². The lowest BCUT2D eigenvalue weighted by molar-refractivity contribution is -0.112. The molecule has 0 aliphatic heterocycles. The van der Waals surface area contributed by atoms with Crippen molar-refractivity contribution in [1.29, 1.82) is 0 Å². The number of carbonyl (C=O) groups is 2. The lowest BCUT2D eigenvalue weighted by Gasteiger charge is -2.11. The third-order valence-corrected chi connectivity index (χ3v) is 2.47. The second-order valence-corrected chi connectivity index (χ2v) is 3.98. The van der Waals surface area contributed by atoms with Crippen molar-refractivity contribution in [3.05, 3.63) is 34.9 Å². The summed E-state index contributed by atoms with van der Waals surface area (Å²) in [4.78, 5) is 22.4. The molecule has 0 fully saturated rings. The minimum atomic E-state index is -1.16.